The number of nitrogens with zero attached hydrogens (tertiary/aromatic N) is 2. The zero-order valence-electron chi connectivity index (χ0n) is 6.46. The van der Waals surface area contributed by atoms with E-state index in [9.17, 15) is 8.78 Å². The van der Waals surface area contributed by atoms with Gasteiger partial charge in [0.05, 0.1) is 11.8 Å². The van der Waals surface area contributed by atoms with Gasteiger partial charge in [0.15, 0.2) is 11.6 Å². The molecule has 0 spiro atoms. The van der Waals surface area contributed by atoms with Crippen LogP contribution in [0.25, 0.3) is 0 Å². The highest BCUT2D eigenvalue weighted by atomic mass is 19.2. The number of nitriles is 1. The summed E-state index contributed by atoms with van der Waals surface area (Å²) in [5, 5.41) is 11.4. The average Bonchev–Trinajstić information content (AvgIpc) is 2.14. The maximum atomic E-state index is 13.0. The lowest BCUT2D eigenvalue weighted by molar-refractivity contribution is 0.505. The summed E-state index contributed by atoms with van der Waals surface area (Å²) >= 11 is 0. The molecule has 0 atom stereocenters. The monoisotopic (exact) mass is 181 g/mol. The molecule has 1 rings (SSSR count). The van der Waals surface area contributed by atoms with E-state index in [1.807, 2.05) is 0 Å². The number of hydrogen-bond acceptors (Lipinski definition) is 3. The second-order valence-electron chi connectivity index (χ2n) is 2.22. The molecule has 0 aliphatic carbocycles. The van der Waals surface area contributed by atoms with Gasteiger partial charge < -0.3 is 5.84 Å². The van der Waals surface area contributed by atoms with Crippen LogP contribution >= 0.6 is 0 Å². The maximum absolute atomic E-state index is 13.0. The van der Waals surface area contributed by atoms with Crippen LogP contribution in [0.1, 0.15) is 11.1 Å². The first-order valence-corrected chi connectivity index (χ1v) is 3.32. The molecule has 0 unspecified atom stereocenters. The molecular weight excluding hydrogens is 176 g/mol. The van der Waals surface area contributed by atoms with E-state index in [-0.39, 0.29) is 11.1 Å². The molecule has 0 aliphatic rings. The third-order valence-corrected chi connectivity index (χ3v) is 1.45. The van der Waals surface area contributed by atoms with Gasteiger partial charge in [-0.3, -0.25) is 0 Å². The zero-order valence-corrected chi connectivity index (χ0v) is 6.46. The minimum Gasteiger partial charge on any atom is -0.323 e. The van der Waals surface area contributed by atoms with E-state index in [1.165, 1.54) is 12.1 Å². The van der Waals surface area contributed by atoms with Crippen LogP contribution in [0.5, 0.6) is 0 Å². The Balaban J connectivity index is 3.33. The van der Waals surface area contributed by atoms with E-state index >= 15 is 0 Å². The molecule has 0 radical (unpaired) electrons. The van der Waals surface area contributed by atoms with Crippen LogP contribution in [0.4, 0.5) is 8.78 Å². The highest BCUT2D eigenvalue weighted by molar-refractivity contribution is 5.80. The van der Waals surface area contributed by atoms with Crippen molar-refractivity contribution in [3.63, 3.8) is 0 Å². The quantitative estimate of drug-likeness (QED) is 0.401. The first-order valence-electron chi connectivity index (χ1n) is 3.32. The van der Waals surface area contributed by atoms with Crippen LogP contribution in [0, 0.1) is 23.0 Å². The Kier molecular flexibility index (Phi) is 2.55. The fraction of sp³-hybridized carbons (Fsp3) is 0. The predicted octanol–water partition coefficient (Wildman–Crippen LogP) is 1.13. The summed E-state index contributed by atoms with van der Waals surface area (Å²) in [6.07, 6.45) is 0.972. The Morgan fingerprint density at radius 2 is 2.08 bits per heavy atom. The highest BCUT2D eigenvalue weighted by Gasteiger charge is 2.11. The van der Waals surface area contributed by atoms with Gasteiger partial charge in [-0.05, 0) is 12.1 Å². The molecule has 2 N–H and O–H groups in total. The molecule has 0 aliphatic heterocycles. The molecule has 0 fully saturated rings. The molecule has 1 aromatic carbocycles. The van der Waals surface area contributed by atoms with E-state index in [4.69, 9.17) is 11.1 Å². The summed E-state index contributed by atoms with van der Waals surface area (Å²) < 4.78 is 25.8. The van der Waals surface area contributed by atoms with Crippen molar-refractivity contribution in [2.75, 3.05) is 0 Å². The Hall–Kier alpha value is -1.96. The summed E-state index contributed by atoms with van der Waals surface area (Å²) in [4.78, 5) is 0. The maximum Gasteiger partial charge on any atom is 0.177 e. The number of hydrazone groups is 1. The third kappa shape index (κ3) is 1.62. The molecule has 0 saturated heterocycles. The summed E-state index contributed by atoms with van der Waals surface area (Å²) in [7, 11) is 0. The van der Waals surface area contributed by atoms with Crippen molar-refractivity contribution in [1.29, 1.82) is 5.26 Å². The van der Waals surface area contributed by atoms with Crippen LogP contribution in [0.2, 0.25) is 0 Å². The molecule has 1 aromatic rings. The van der Waals surface area contributed by atoms with Crippen LogP contribution < -0.4 is 5.84 Å². The van der Waals surface area contributed by atoms with Crippen molar-refractivity contribution < 1.29 is 8.78 Å². The van der Waals surface area contributed by atoms with Crippen molar-refractivity contribution >= 4 is 6.21 Å². The smallest absolute Gasteiger partial charge is 0.177 e. The van der Waals surface area contributed by atoms with Crippen molar-refractivity contribution in [2.45, 2.75) is 0 Å². The largest absolute Gasteiger partial charge is 0.323 e. The van der Waals surface area contributed by atoms with Gasteiger partial charge in [-0.15, -0.1) is 0 Å². The molecule has 0 saturated carbocycles. The molecule has 0 bridgehead atoms. The number of hydrogen-bond donors (Lipinski definition) is 1. The standard InChI is InChI=1S/C8H5F2N3/c9-7-5(3-11)1-2-6(4-13-12)8(7)10/h1-2,4H,12H2. The minimum absolute atomic E-state index is 0.0843. The van der Waals surface area contributed by atoms with Gasteiger partial charge in [0.1, 0.15) is 6.07 Å². The van der Waals surface area contributed by atoms with Crippen LogP contribution in [0.3, 0.4) is 0 Å². The minimum atomic E-state index is -1.18. The summed E-state index contributed by atoms with van der Waals surface area (Å²) in [5.41, 5.74) is -0.425. The molecule has 13 heavy (non-hydrogen) atoms. The van der Waals surface area contributed by atoms with Gasteiger partial charge in [0.25, 0.3) is 0 Å². The van der Waals surface area contributed by atoms with Gasteiger partial charge in [-0.2, -0.15) is 10.4 Å². The summed E-state index contributed by atoms with van der Waals surface area (Å²) in [6, 6.07) is 3.91. The van der Waals surface area contributed by atoms with Crippen molar-refractivity contribution in [1.82, 2.24) is 0 Å². The van der Waals surface area contributed by atoms with E-state index in [0.29, 0.717) is 0 Å². The third-order valence-electron chi connectivity index (χ3n) is 1.45. The molecule has 3 nitrogen and oxygen atoms in total. The number of rotatable bonds is 1. The molecule has 66 valence electrons. The summed E-state index contributed by atoms with van der Waals surface area (Å²) in [6.45, 7) is 0. The zero-order chi connectivity index (χ0) is 9.84. The Morgan fingerprint density at radius 1 is 1.38 bits per heavy atom. The SMILES string of the molecule is N#Cc1ccc(C=NN)c(F)c1F. The highest BCUT2D eigenvalue weighted by Crippen LogP contribution is 2.13. The average molecular weight is 181 g/mol. The molecule has 0 heterocycles. The Morgan fingerprint density at radius 3 is 2.62 bits per heavy atom. The van der Waals surface area contributed by atoms with Gasteiger partial charge >= 0.3 is 0 Å². The van der Waals surface area contributed by atoms with Gasteiger partial charge in [-0.1, -0.05) is 0 Å². The van der Waals surface area contributed by atoms with Crippen molar-refractivity contribution in [3.05, 3.63) is 34.9 Å². The predicted molar refractivity (Wildman–Crippen MR) is 42.9 cm³/mol. The molecular formula is C8H5F2N3. The number of halogens is 2. The van der Waals surface area contributed by atoms with Gasteiger partial charge in [0.2, 0.25) is 0 Å². The second-order valence-corrected chi connectivity index (χ2v) is 2.22. The lowest BCUT2D eigenvalue weighted by Crippen LogP contribution is -1.97. The van der Waals surface area contributed by atoms with Crippen LogP contribution in [-0.4, -0.2) is 6.21 Å². The van der Waals surface area contributed by atoms with E-state index < -0.39 is 11.6 Å². The number of benzene rings is 1. The van der Waals surface area contributed by atoms with E-state index in [0.717, 1.165) is 12.3 Å². The van der Waals surface area contributed by atoms with Gasteiger partial charge in [0, 0.05) is 5.56 Å². The van der Waals surface area contributed by atoms with E-state index in [2.05, 4.69) is 5.10 Å². The summed E-state index contributed by atoms with van der Waals surface area (Å²) in [5.74, 6) is 2.47. The van der Waals surface area contributed by atoms with E-state index in [1.54, 1.807) is 0 Å². The van der Waals surface area contributed by atoms with Crippen LogP contribution in [0.15, 0.2) is 17.2 Å². The number of nitrogens with two attached hydrogens (primary N) is 1. The van der Waals surface area contributed by atoms with Crippen LogP contribution in [-0.2, 0) is 0 Å². The van der Waals surface area contributed by atoms with Crippen molar-refractivity contribution in [2.24, 2.45) is 10.9 Å². The topological polar surface area (TPSA) is 62.2 Å². The van der Waals surface area contributed by atoms with Gasteiger partial charge in [-0.25, -0.2) is 8.78 Å². The molecule has 0 amide bonds. The first kappa shape index (κ1) is 9.13. The fourth-order valence-electron chi connectivity index (χ4n) is 0.831. The second kappa shape index (κ2) is 3.63. The van der Waals surface area contributed by atoms with Crippen molar-refractivity contribution in [3.8, 4) is 6.07 Å². The normalized spacial score (nSPS) is 10.2. The lowest BCUT2D eigenvalue weighted by atomic mass is 10.1. The first-order chi connectivity index (χ1) is 6.20. The Labute approximate surface area is 73.1 Å². The fourth-order valence-corrected chi connectivity index (χ4v) is 0.831. The molecule has 0 aromatic heterocycles. The lowest BCUT2D eigenvalue weighted by Gasteiger charge is -1.98. The Bertz CT molecular complexity index is 393. The molecule has 5 heteroatoms.